The molecule has 2 aliphatic rings. The van der Waals surface area contributed by atoms with Crippen LogP contribution in [0.4, 0.5) is 0 Å². The van der Waals surface area contributed by atoms with Gasteiger partial charge in [0.2, 0.25) is 0 Å². The first-order valence-electron chi connectivity index (χ1n) is 3.75. The topological polar surface area (TPSA) is 0 Å². The number of fused-ring (bicyclic) bond motifs is 1. The molecular formula is C8H13I. The molecule has 2 aliphatic carbocycles. The second-order valence-corrected chi connectivity index (χ2v) is 6.11. The Labute approximate surface area is 70.5 Å². The summed E-state index contributed by atoms with van der Waals surface area (Å²) >= 11 is 2.68. The van der Waals surface area contributed by atoms with Crippen molar-refractivity contribution < 1.29 is 0 Å². The Bertz CT molecular complexity index is 146. The summed E-state index contributed by atoms with van der Waals surface area (Å²) in [6, 6.07) is 0. The molecule has 0 N–H and O–H groups in total. The van der Waals surface area contributed by atoms with Crippen molar-refractivity contribution >= 4 is 22.6 Å². The van der Waals surface area contributed by atoms with Gasteiger partial charge in [0.25, 0.3) is 0 Å². The van der Waals surface area contributed by atoms with Crippen LogP contribution in [-0.2, 0) is 0 Å². The molecular weight excluding hydrogens is 223 g/mol. The Hall–Kier alpha value is 0.730. The van der Waals surface area contributed by atoms with E-state index in [4.69, 9.17) is 0 Å². The number of halogens is 1. The highest BCUT2D eigenvalue weighted by atomic mass is 127. The minimum Gasteiger partial charge on any atom is -0.0780 e. The van der Waals surface area contributed by atoms with Crippen molar-refractivity contribution in [1.82, 2.24) is 0 Å². The highest BCUT2D eigenvalue weighted by molar-refractivity contribution is 14.1. The zero-order valence-electron chi connectivity index (χ0n) is 6.08. The quantitative estimate of drug-likeness (QED) is 0.448. The van der Waals surface area contributed by atoms with E-state index in [1.54, 1.807) is 0 Å². The molecule has 2 saturated carbocycles. The zero-order chi connectivity index (χ0) is 6.70. The van der Waals surface area contributed by atoms with Gasteiger partial charge in [0.1, 0.15) is 0 Å². The fraction of sp³-hybridized carbons (Fsp3) is 1.00. The maximum Gasteiger partial charge on any atom is 0.0305 e. The van der Waals surface area contributed by atoms with Gasteiger partial charge in [-0.2, -0.15) is 0 Å². The summed E-state index contributed by atoms with van der Waals surface area (Å²) < 4.78 is 0.727. The van der Waals surface area contributed by atoms with Crippen molar-refractivity contribution in [3.05, 3.63) is 0 Å². The Kier molecular flexibility index (Phi) is 1.06. The van der Waals surface area contributed by atoms with E-state index in [0.29, 0.717) is 5.41 Å². The summed E-state index contributed by atoms with van der Waals surface area (Å²) in [6.45, 7) is 4.85. The summed E-state index contributed by atoms with van der Waals surface area (Å²) in [5, 5.41) is 0. The van der Waals surface area contributed by atoms with Crippen molar-refractivity contribution in [3.8, 4) is 0 Å². The van der Waals surface area contributed by atoms with Crippen molar-refractivity contribution in [2.45, 2.75) is 36.5 Å². The predicted molar refractivity (Wildman–Crippen MR) is 47.9 cm³/mol. The Morgan fingerprint density at radius 3 is 2.22 bits per heavy atom. The van der Waals surface area contributed by atoms with Gasteiger partial charge in [-0.25, -0.2) is 0 Å². The molecule has 0 radical (unpaired) electrons. The predicted octanol–water partition coefficient (Wildman–Crippen LogP) is 3.00. The average Bonchev–Trinajstić information content (AvgIpc) is 2.34. The monoisotopic (exact) mass is 236 g/mol. The molecule has 0 nitrogen and oxygen atoms in total. The van der Waals surface area contributed by atoms with Crippen molar-refractivity contribution in [3.63, 3.8) is 0 Å². The van der Waals surface area contributed by atoms with Crippen LogP contribution in [0.5, 0.6) is 0 Å². The lowest BCUT2D eigenvalue weighted by molar-refractivity contribution is 0.360. The maximum atomic E-state index is 2.68. The standard InChI is InChI=1S/C8H13I/c1-7(2)4-3-6-5-8(6,7)9/h6H,3-5H2,1-2H3. The minimum atomic E-state index is 0.651. The molecule has 0 saturated heterocycles. The van der Waals surface area contributed by atoms with Gasteiger partial charge in [0.15, 0.2) is 0 Å². The molecule has 0 aromatic carbocycles. The van der Waals surface area contributed by atoms with Crippen LogP contribution in [0.1, 0.15) is 33.1 Å². The first kappa shape index (κ1) is 6.44. The lowest BCUT2D eigenvalue weighted by Crippen LogP contribution is -2.21. The first-order valence-corrected chi connectivity index (χ1v) is 4.83. The van der Waals surface area contributed by atoms with E-state index in [2.05, 4.69) is 36.4 Å². The molecule has 0 bridgehead atoms. The smallest absolute Gasteiger partial charge is 0.0305 e. The lowest BCUT2D eigenvalue weighted by Gasteiger charge is -2.25. The fourth-order valence-corrected chi connectivity index (χ4v) is 3.31. The first-order chi connectivity index (χ1) is 4.06. The van der Waals surface area contributed by atoms with Crippen LogP contribution in [0.2, 0.25) is 0 Å². The van der Waals surface area contributed by atoms with Gasteiger partial charge in [-0.1, -0.05) is 36.4 Å². The molecule has 2 unspecified atom stereocenters. The second-order valence-electron chi connectivity index (χ2n) is 4.19. The van der Waals surface area contributed by atoms with Gasteiger partial charge in [0.05, 0.1) is 0 Å². The van der Waals surface area contributed by atoms with Gasteiger partial charge in [0, 0.05) is 3.42 Å². The Balaban J connectivity index is 2.28. The summed E-state index contributed by atoms with van der Waals surface area (Å²) in [7, 11) is 0. The Morgan fingerprint density at radius 2 is 2.11 bits per heavy atom. The number of rotatable bonds is 0. The van der Waals surface area contributed by atoms with Crippen molar-refractivity contribution in [1.29, 1.82) is 0 Å². The molecule has 0 heterocycles. The third-order valence-corrected chi connectivity index (χ3v) is 6.05. The van der Waals surface area contributed by atoms with Crippen LogP contribution < -0.4 is 0 Å². The third-order valence-electron chi connectivity index (χ3n) is 3.27. The van der Waals surface area contributed by atoms with Crippen LogP contribution in [0.15, 0.2) is 0 Å². The van der Waals surface area contributed by atoms with E-state index in [9.17, 15) is 0 Å². The molecule has 2 fully saturated rings. The van der Waals surface area contributed by atoms with E-state index in [-0.39, 0.29) is 0 Å². The van der Waals surface area contributed by atoms with Gasteiger partial charge < -0.3 is 0 Å². The van der Waals surface area contributed by atoms with Gasteiger partial charge >= 0.3 is 0 Å². The van der Waals surface area contributed by atoms with Crippen molar-refractivity contribution in [2.24, 2.45) is 11.3 Å². The number of hydrogen-bond donors (Lipinski definition) is 0. The van der Waals surface area contributed by atoms with Gasteiger partial charge in [-0.15, -0.1) is 0 Å². The number of hydrogen-bond acceptors (Lipinski definition) is 0. The van der Waals surface area contributed by atoms with Gasteiger partial charge in [-0.05, 0) is 30.6 Å². The molecule has 1 heteroatoms. The summed E-state index contributed by atoms with van der Waals surface area (Å²) in [5.41, 5.74) is 0.651. The average molecular weight is 236 g/mol. The van der Waals surface area contributed by atoms with Crippen molar-refractivity contribution in [2.75, 3.05) is 0 Å². The minimum absolute atomic E-state index is 0.651. The van der Waals surface area contributed by atoms with Crippen LogP contribution in [0, 0.1) is 11.3 Å². The SMILES string of the molecule is CC1(C)CCC2CC21I. The second kappa shape index (κ2) is 1.49. The fourth-order valence-electron chi connectivity index (χ4n) is 2.20. The van der Waals surface area contributed by atoms with Gasteiger partial charge in [-0.3, -0.25) is 0 Å². The third kappa shape index (κ3) is 0.647. The summed E-state index contributed by atoms with van der Waals surface area (Å²) in [5.74, 6) is 1.09. The van der Waals surface area contributed by atoms with Crippen LogP contribution in [0.3, 0.4) is 0 Å². The Morgan fingerprint density at radius 1 is 1.44 bits per heavy atom. The normalized spacial score (nSPS) is 53.0. The van der Waals surface area contributed by atoms with Crippen LogP contribution in [-0.4, -0.2) is 3.42 Å². The molecule has 0 aromatic heterocycles. The lowest BCUT2D eigenvalue weighted by atomic mass is 9.87. The maximum absolute atomic E-state index is 2.68. The molecule has 0 aromatic rings. The van der Waals surface area contributed by atoms with E-state index < -0.39 is 0 Å². The molecule has 0 spiro atoms. The molecule has 0 amide bonds. The van der Waals surface area contributed by atoms with E-state index in [1.165, 1.54) is 19.3 Å². The largest absolute Gasteiger partial charge is 0.0780 e. The molecule has 2 atom stereocenters. The number of alkyl halides is 1. The summed E-state index contributed by atoms with van der Waals surface area (Å²) in [4.78, 5) is 0. The highest BCUT2D eigenvalue weighted by Gasteiger charge is 2.64. The molecule has 2 rings (SSSR count). The molecule has 0 aliphatic heterocycles. The molecule has 9 heavy (non-hydrogen) atoms. The van der Waals surface area contributed by atoms with Crippen LogP contribution >= 0.6 is 22.6 Å². The highest BCUT2D eigenvalue weighted by Crippen LogP contribution is 2.70. The zero-order valence-corrected chi connectivity index (χ0v) is 8.23. The van der Waals surface area contributed by atoms with E-state index in [0.717, 1.165) is 9.34 Å². The van der Waals surface area contributed by atoms with E-state index >= 15 is 0 Å². The van der Waals surface area contributed by atoms with E-state index in [1.807, 2.05) is 0 Å². The molecule has 52 valence electrons. The summed E-state index contributed by atoms with van der Waals surface area (Å²) in [6.07, 6.45) is 4.46. The van der Waals surface area contributed by atoms with Crippen LogP contribution in [0.25, 0.3) is 0 Å².